The standard InChI is InChI=1S/C16H25NO/c1-3-14-5-4-9-17(10-8-14)16-7-6-13(2)11-15(16)12-18/h6-7,11,14,18H,3-5,8-10,12H2,1-2H3. The molecule has 0 saturated carbocycles. The van der Waals surface area contributed by atoms with Crippen molar-refractivity contribution in [3.8, 4) is 0 Å². The SMILES string of the molecule is CCC1CCCN(c2ccc(C)cc2CO)CC1. The van der Waals surface area contributed by atoms with E-state index < -0.39 is 0 Å². The molecule has 0 radical (unpaired) electrons. The molecule has 0 aromatic heterocycles. The molecule has 1 heterocycles. The molecule has 0 aliphatic carbocycles. The number of benzene rings is 1. The Morgan fingerprint density at radius 1 is 1.28 bits per heavy atom. The zero-order valence-electron chi connectivity index (χ0n) is 11.7. The van der Waals surface area contributed by atoms with Gasteiger partial charge in [-0.2, -0.15) is 0 Å². The number of hydrogen-bond acceptors (Lipinski definition) is 2. The van der Waals surface area contributed by atoms with Crippen molar-refractivity contribution in [2.24, 2.45) is 5.92 Å². The zero-order chi connectivity index (χ0) is 13.0. The Kier molecular flexibility index (Phi) is 4.65. The van der Waals surface area contributed by atoms with Crippen LogP contribution in [0.4, 0.5) is 5.69 Å². The highest BCUT2D eigenvalue weighted by Gasteiger charge is 2.17. The third-order valence-electron chi connectivity index (χ3n) is 4.17. The van der Waals surface area contributed by atoms with Gasteiger partial charge >= 0.3 is 0 Å². The van der Waals surface area contributed by atoms with Crippen LogP contribution in [0.1, 0.15) is 43.7 Å². The first-order valence-electron chi connectivity index (χ1n) is 7.20. The molecule has 18 heavy (non-hydrogen) atoms. The molecule has 1 aromatic rings. The summed E-state index contributed by atoms with van der Waals surface area (Å²) in [5.41, 5.74) is 3.54. The highest BCUT2D eigenvalue weighted by atomic mass is 16.3. The molecule has 1 atom stereocenters. The van der Waals surface area contributed by atoms with Gasteiger partial charge in [-0.05, 0) is 38.2 Å². The summed E-state index contributed by atoms with van der Waals surface area (Å²) in [7, 11) is 0. The Bertz CT molecular complexity index is 389. The molecule has 1 unspecified atom stereocenters. The van der Waals surface area contributed by atoms with E-state index in [1.54, 1.807) is 0 Å². The van der Waals surface area contributed by atoms with Crippen LogP contribution in [-0.4, -0.2) is 18.2 Å². The molecular formula is C16H25NO. The number of aryl methyl sites for hydroxylation is 1. The molecule has 0 spiro atoms. The van der Waals surface area contributed by atoms with Crippen LogP contribution in [0.25, 0.3) is 0 Å². The first-order chi connectivity index (χ1) is 8.74. The van der Waals surface area contributed by atoms with Gasteiger partial charge < -0.3 is 10.0 Å². The van der Waals surface area contributed by atoms with Gasteiger partial charge in [0.2, 0.25) is 0 Å². The summed E-state index contributed by atoms with van der Waals surface area (Å²) >= 11 is 0. The molecule has 1 N–H and O–H groups in total. The van der Waals surface area contributed by atoms with Gasteiger partial charge in [0.05, 0.1) is 6.61 Å². The second-order valence-corrected chi connectivity index (χ2v) is 5.48. The Hall–Kier alpha value is -1.02. The van der Waals surface area contributed by atoms with Gasteiger partial charge in [-0.3, -0.25) is 0 Å². The van der Waals surface area contributed by atoms with Crippen LogP contribution in [-0.2, 0) is 6.61 Å². The third kappa shape index (κ3) is 3.05. The quantitative estimate of drug-likeness (QED) is 0.883. The summed E-state index contributed by atoms with van der Waals surface area (Å²) < 4.78 is 0. The van der Waals surface area contributed by atoms with Crippen molar-refractivity contribution >= 4 is 5.69 Å². The van der Waals surface area contributed by atoms with E-state index in [0.717, 1.165) is 24.6 Å². The van der Waals surface area contributed by atoms with Crippen molar-refractivity contribution in [1.82, 2.24) is 0 Å². The number of hydrogen-bond donors (Lipinski definition) is 1. The fourth-order valence-corrected chi connectivity index (χ4v) is 2.96. The molecule has 100 valence electrons. The molecule has 2 heteroatoms. The summed E-state index contributed by atoms with van der Waals surface area (Å²) in [5, 5.41) is 9.52. The van der Waals surface area contributed by atoms with E-state index in [-0.39, 0.29) is 6.61 Å². The van der Waals surface area contributed by atoms with E-state index in [2.05, 4.69) is 36.9 Å². The smallest absolute Gasteiger partial charge is 0.0702 e. The van der Waals surface area contributed by atoms with Crippen LogP contribution < -0.4 is 4.90 Å². The van der Waals surface area contributed by atoms with Crippen molar-refractivity contribution in [1.29, 1.82) is 0 Å². The van der Waals surface area contributed by atoms with E-state index in [1.807, 2.05) is 0 Å². The van der Waals surface area contributed by atoms with Crippen LogP contribution in [0, 0.1) is 12.8 Å². The fourth-order valence-electron chi connectivity index (χ4n) is 2.96. The Morgan fingerprint density at radius 3 is 2.83 bits per heavy atom. The maximum absolute atomic E-state index is 9.52. The Morgan fingerprint density at radius 2 is 2.11 bits per heavy atom. The zero-order valence-corrected chi connectivity index (χ0v) is 11.7. The molecular weight excluding hydrogens is 222 g/mol. The van der Waals surface area contributed by atoms with Gasteiger partial charge in [0, 0.05) is 24.3 Å². The predicted molar refractivity (Wildman–Crippen MR) is 76.9 cm³/mol. The maximum Gasteiger partial charge on any atom is 0.0702 e. The molecule has 2 nitrogen and oxygen atoms in total. The summed E-state index contributed by atoms with van der Waals surface area (Å²) in [6.45, 7) is 6.79. The molecule has 0 amide bonds. The van der Waals surface area contributed by atoms with Gasteiger partial charge in [-0.15, -0.1) is 0 Å². The average Bonchev–Trinajstić information content (AvgIpc) is 2.63. The number of anilines is 1. The highest BCUT2D eigenvalue weighted by molar-refractivity contribution is 5.54. The van der Waals surface area contributed by atoms with Crippen LogP contribution >= 0.6 is 0 Å². The minimum absolute atomic E-state index is 0.144. The molecule has 1 saturated heterocycles. The summed E-state index contributed by atoms with van der Waals surface area (Å²) in [4.78, 5) is 2.46. The van der Waals surface area contributed by atoms with Gasteiger partial charge in [0.1, 0.15) is 0 Å². The van der Waals surface area contributed by atoms with Crippen LogP contribution in [0.2, 0.25) is 0 Å². The van der Waals surface area contributed by atoms with Crippen LogP contribution in [0.3, 0.4) is 0 Å². The van der Waals surface area contributed by atoms with Crippen molar-refractivity contribution < 1.29 is 5.11 Å². The average molecular weight is 247 g/mol. The van der Waals surface area contributed by atoms with E-state index >= 15 is 0 Å². The number of rotatable bonds is 3. The number of nitrogens with zero attached hydrogens (tertiary/aromatic N) is 1. The first kappa shape index (κ1) is 13.4. The minimum atomic E-state index is 0.144. The van der Waals surface area contributed by atoms with Crippen molar-refractivity contribution in [2.75, 3.05) is 18.0 Å². The first-order valence-corrected chi connectivity index (χ1v) is 7.20. The predicted octanol–water partition coefficient (Wildman–Crippen LogP) is 3.50. The topological polar surface area (TPSA) is 23.5 Å². The largest absolute Gasteiger partial charge is 0.392 e. The van der Waals surface area contributed by atoms with Crippen molar-refractivity contribution in [3.63, 3.8) is 0 Å². The van der Waals surface area contributed by atoms with Gasteiger partial charge in [-0.1, -0.05) is 31.0 Å². The van der Waals surface area contributed by atoms with Crippen molar-refractivity contribution in [3.05, 3.63) is 29.3 Å². The lowest BCUT2D eigenvalue weighted by Gasteiger charge is -2.25. The fraction of sp³-hybridized carbons (Fsp3) is 0.625. The van der Waals surface area contributed by atoms with E-state index in [4.69, 9.17) is 0 Å². The van der Waals surface area contributed by atoms with Crippen LogP contribution in [0.5, 0.6) is 0 Å². The minimum Gasteiger partial charge on any atom is -0.392 e. The van der Waals surface area contributed by atoms with Crippen molar-refractivity contribution in [2.45, 2.75) is 46.1 Å². The lowest BCUT2D eigenvalue weighted by Crippen LogP contribution is -2.25. The van der Waals surface area contributed by atoms with E-state index in [1.165, 1.54) is 36.9 Å². The molecule has 1 aliphatic heterocycles. The lowest BCUT2D eigenvalue weighted by atomic mass is 9.98. The Labute approximate surface area is 111 Å². The molecule has 1 aromatic carbocycles. The van der Waals surface area contributed by atoms with E-state index in [0.29, 0.717) is 0 Å². The van der Waals surface area contributed by atoms with Gasteiger partial charge in [0.25, 0.3) is 0 Å². The summed E-state index contributed by atoms with van der Waals surface area (Å²) in [5.74, 6) is 0.887. The lowest BCUT2D eigenvalue weighted by molar-refractivity contribution is 0.282. The molecule has 1 aliphatic rings. The maximum atomic E-state index is 9.52. The summed E-state index contributed by atoms with van der Waals surface area (Å²) in [6.07, 6.45) is 5.22. The molecule has 0 bridgehead atoms. The van der Waals surface area contributed by atoms with E-state index in [9.17, 15) is 5.11 Å². The molecule has 1 fully saturated rings. The third-order valence-corrected chi connectivity index (χ3v) is 4.17. The Balaban J connectivity index is 2.15. The van der Waals surface area contributed by atoms with Gasteiger partial charge in [0.15, 0.2) is 0 Å². The number of aliphatic hydroxyl groups is 1. The second-order valence-electron chi connectivity index (χ2n) is 5.48. The normalized spacial score (nSPS) is 20.8. The molecule has 2 rings (SSSR count). The monoisotopic (exact) mass is 247 g/mol. The summed E-state index contributed by atoms with van der Waals surface area (Å²) in [6, 6.07) is 6.43. The second kappa shape index (κ2) is 6.24. The van der Waals surface area contributed by atoms with Crippen LogP contribution in [0.15, 0.2) is 18.2 Å². The van der Waals surface area contributed by atoms with Gasteiger partial charge in [-0.25, -0.2) is 0 Å². The highest BCUT2D eigenvalue weighted by Crippen LogP contribution is 2.27. The number of aliphatic hydroxyl groups excluding tert-OH is 1.